The Morgan fingerprint density at radius 1 is 1.21 bits per heavy atom. The largest absolute Gasteiger partial charge is 0.496 e. The number of fused-ring (bicyclic) bond motifs is 1. The van der Waals surface area contributed by atoms with E-state index < -0.39 is 22.5 Å². The van der Waals surface area contributed by atoms with Gasteiger partial charge in [-0.05, 0) is 43.7 Å². The van der Waals surface area contributed by atoms with Crippen molar-refractivity contribution in [1.29, 1.82) is 0 Å². The zero-order valence-corrected chi connectivity index (χ0v) is 24.5. The molecule has 2 aromatic carbocycles. The third kappa shape index (κ3) is 5.53. The van der Waals surface area contributed by atoms with Crippen molar-refractivity contribution in [2.75, 3.05) is 13.7 Å². The number of allylic oxidation sites excluding steroid dienone is 1. The number of carbonyl (C=O) groups is 1. The molecule has 4 aromatic rings. The Balaban J connectivity index is 1.69. The summed E-state index contributed by atoms with van der Waals surface area (Å²) in [4.78, 5) is 43.2. The van der Waals surface area contributed by atoms with E-state index in [0.29, 0.717) is 61.3 Å². The van der Waals surface area contributed by atoms with E-state index in [9.17, 15) is 19.7 Å². The molecular formula is C30H26ClN3O7S. The first-order valence-corrected chi connectivity index (χ1v) is 14.3. The molecule has 0 bridgehead atoms. The van der Waals surface area contributed by atoms with Crippen LogP contribution in [0.4, 0.5) is 5.69 Å². The van der Waals surface area contributed by atoms with Crippen LogP contribution in [0, 0.1) is 10.1 Å². The molecule has 0 radical (unpaired) electrons. The van der Waals surface area contributed by atoms with Gasteiger partial charge in [0.15, 0.2) is 4.80 Å². The number of methoxy groups -OCH3 is 1. The smallest absolute Gasteiger partial charge is 0.338 e. The Kier molecular flexibility index (Phi) is 8.41. The quantitative estimate of drug-likeness (QED) is 0.141. The van der Waals surface area contributed by atoms with Gasteiger partial charge in [-0.2, -0.15) is 0 Å². The zero-order chi connectivity index (χ0) is 30.0. The van der Waals surface area contributed by atoms with Gasteiger partial charge in [0.25, 0.3) is 11.2 Å². The predicted molar refractivity (Wildman–Crippen MR) is 158 cm³/mol. The first-order valence-electron chi connectivity index (χ1n) is 13.2. The Morgan fingerprint density at radius 3 is 2.74 bits per heavy atom. The first-order chi connectivity index (χ1) is 20.2. The highest BCUT2D eigenvalue weighted by Crippen LogP contribution is 2.38. The number of hydrogen-bond acceptors (Lipinski definition) is 9. The number of thiazole rings is 1. The summed E-state index contributed by atoms with van der Waals surface area (Å²) in [7, 11) is 1.51. The Morgan fingerprint density at radius 2 is 2.02 bits per heavy atom. The van der Waals surface area contributed by atoms with Gasteiger partial charge in [-0.3, -0.25) is 19.5 Å². The second-order valence-electron chi connectivity index (χ2n) is 9.31. The van der Waals surface area contributed by atoms with Gasteiger partial charge in [0.1, 0.15) is 23.3 Å². The van der Waals surface area contributed by atoms with Crippen LogP contribution in [0.5, 0.6) is 5.75 Å². The molecule has 1 atom stereocenters. The van der Waals surface area contributed by atoms with Gasteiger partial charge in [-0.1, -0.05) is 48.4 Å². The molecule has 0 saturated carbocycles. The summed E-state index contributed by atoms with van der Waals surface area (Å²) < 4.78 is 18.8. The molecule has 0 saturated heterocycles. The minimum absolute atomic E-state index is 0.0597. The van der Waals surface area contributed by atoms with Gasteiger partial charge in [0, 0.05) is 34.4 Å². The number of benzene rings is 2. The lowest BCUT2D eigenvalue weighted by molar-refractivity contribution is -0.384. The molecule has 5 rings (SSSR count). The van der Waals surface area contributed by atoms with Crippen LogP contribution < -0.4 is 19.6 Å². The van der Waals surface area contributed by atoms with Gasteiger partial charge in [-0.25, -0.2) is 9.79 Å². The number of hydrogen-bond donors (Lipinski definition) is 0. The molecule has 0 N–H and O–H groups in total. The van der Waals surface area contributed by atoms with E-state index in [1.54, 1.807) is 55.5 Å². The number of ether oxygens (including phenoxy) is 2. The van der Waals surface area contributed by atoms with Crippen molar-refractivity contribution >= 4 is 40.7 Å². The number of rotatable bonds is 9. The summed E-state index contributed by atoms with van der Waals surface area (Å²) in [6.07, 6.45) is 2.79. The van der Waals surface area contributed by atoms with Gasteiger partial charge in [-0.15, -0.1) is 0 Å². The molecule has 1 aliphatic heterocycles. The number of halogens is 1. The predicted octanol–water partition coefficient (Wildman–Crippen LogP) is 5.41. The van der Waals surface area contributed by atoms with Gasteiger partial charge >= 0.3 is 5.97 Å². The molecule has 10 nitrogen and oxygen atoms in total. The summed E-state index contributed by atoms with van der Waals surface area (Å²) in [5.41, 5.74) is 1.38. The van der Waals surface area contributed by atoms with E-state index >= 15 is 0 Å². The summed E-state index contributed by atoms with van der Waals surface area (Å²) in [6.45, 7) is 3.84. The SMILES string of the molecule is CCCC1=C(C(=O)OCC)[C@H](c2cc(Cl)ccc2OC)n2c(s/c(=C/c3ccc(-c4cccc([N+](=O)[O-])c4)o3)c2=O)=N1. The molecular weight excluding hydrogens is 582 g/mol. The molecule has 0 unspecified atom stereocenters. The molecule has 12 heteroatoms. The lowest BCUT2D eigenvalue weighted by Gasteiger charge is -2.27. The summed E-state index contributed by atoms with van der Waals surface area (Å²) in [5, 5.41) is 11.6. The van der Waals surface area contributed by atoms with Crippen LogP contribution >= 0.6 is 22.9 Å². The average molecular weight is 608 g/mol. The number of esters is 1. The Hall–Kier alpha value is -4.48. The van der Waals surface area contributed by atoms with E-state index in [4.69, 9.17) is 30.5 Å². The second-order valence-corrected chi connectivity index (χ2v) is 10.8. The molecule has 216 valence electrons. The Bertz CT molecular complexity index is 1900. The van der Waals surface area contributed by atoms with Crippen LogP contribution in [0.25, 0.3) is 17.4 Å². The fourth-order valence-corrected chi connectivity index (χ4v) is 6.00. The molecule has 42 heavy (non-hydrogen) atoms. The number of nitrogens with zero attached hydrogens (tertiary/aromatic N) is 3. The van der Waals surface area contributed by atoms with E-state index in [2.05, 4.69) is 0 Å². The van der Waals surface area contributed by atoms with Crippen molar-refractivity contribution in [1.82, 2.24) is 4.57 Å². The van der Waals surface area contributed by atoms with Gasteiger partial charge < -0.3 is 13.9 Å². The van der Waals surface area contributed by atoms with Crippen molar-refractivity contribution in [3.8, 4) is 17.1 Å². The molecule has 0 spiro atoms. The first kappa shape index (κ1) is 29.0. The number of furan rings is 1. The third-order valence-electron chi connectivity index (χ3n) is 6.62. The maximum absolute atomic E-state index is 14.0. The minimum atomic E-state index is -0.894. The summed E-state index contributed by atoms with van der Waals surface area (Å²) in [5.74, 6) is 0.663. The van der Waals surface area contributed by atoms with Crippen LogP contribution in [-0.2, 0) is 9.53 Å². The van der Waals surface area contributed by atoms with Crippen molar-refractivity contribution in [2.24, 2.45) is 4.99 Å². The molecule has 0 aliphatic carbocycles. The van der Waals surface area contributed by atoms with Gasteiger partial charge in [0.05, 0.1) is 34.4 Å². The topological polar surface area (TPSA) is 126 Å². The van der Waals surface area contributed by atoms with Crippen LogP contribution in [0.2, 0.25) is 5.02 Å². The highest BCUT2D eigenvalue weighted by molar-refractivity contribution is 7.07. The standard InChI is InChI=1S/C30H26ClN3O7S/c1-4-7-22-26(29(36)40-5-2)27(21-15-18(31)10-12-24(21)39-3)33-28(35)25(42-30(33)32-22)16-20-11-13-23(41-20)17-8-6-9-19(14-17)34(37)38/h6,8-16,27H,4-5,7H2,1-3H3/b25-16+/t27-/m0/s1. The molecule has 2 aromatic heterocycles. The third-order valence-corrected chi connectivity index (χ3v) is 7.84. The van der Waals surface area contributed by atoms with Crippen LogP contribution in [0.15, 0.2) is 80.1 Å². The molecule has 3 heterocycles. The van der Waals surface area contributed by atoms with E-state index in [-0.39, 0.29) is 17.9 Å². The fourth-order valence-electron chi connectivity index (χ4n) is 4.82. The van der Waals surface area contributed by atoms with E-state index in [1.165, 1.54) is 23.8 Å². The van der Waals surface area contributed by atoms with Crippen LogP contribution in [0.1, 0.15) is 44.1 Å². The van der Waals surface area contributed by atoms with Crippen molar-refractivity contribution < 1.29 is 23.6 Å². The molecule has 0 amide bonds. The maximum atomic E-state index is 14.0. The number of nitro benzene ring substituents is 1. The monoisotopic (exact) mass is 607 g/mol. The highest BCUT2D eigenvalue weighted by Gasteiger charge is 2.36. The van der Waals surface area contributed by atoms with Crippen LogP contribution in [-0.4, -0.2) is 29.2 Å². The van der Waals surface area contributed by atoms with Gasteiger partial charge in [0.2, 0.25) is 0 Å². The lowest BCUT2D eigenvalue weighted by atomic mass is 9.93. The second kappa shape index (κ2) is 12.2. The number of carbonyl (C=O) groups excluding carboxylic acids is 1. The Labute approximate surface area is 248 Å². The summed E-state index contributed by atoms with van der Waals surface area (Å²) >= 11 is 7.55. The van der Waals surface area contributed by atoms with Crippen molar-refractivity contribution in [3.63, 3.8) is 0 Å². The minimum Gasteiger partial charge on any atom is -0.496 e. The normalized spacial score (nSPS) is 14.9. The van der Waals surface area contributed by atoms with E-state index in [1.807, 2.05) is 6.92 Å². The molecule has 1 aliphatic rings. The van der Waals surface area contributed by atoms with Crippen molar-refractivity contribution in [2.45, 2.75) is 32.7 Å². The zero-order valence-electron chi connectivity index (χ0n) is 23.0. The number of non-ortho nitro benzene ring substituents is 1. The summed E-state index contributed by atoms with van der Waals surface area (Å²) in [6, 6.07) is 13.6. The van der Waals surface area contributed by atoms with E-state index in [0.717, 1.165) is 11.3 Å². The maximum Gasteiger partial charge on any atom is 0.338 e. The number of nitro groups is 1. The highest BCUT2D eigenvalue weighted by atomic mass is 35.5. The molecule has 0 fully saturated rings. The number of aromatic nitrogens is 1. The van der Waals surface area contributed by atoms with Crippen LogP contribution in [0.3, 0.4) is 0 Å². The average Bonchev–Trinajstić information content (AvgIpc) is 3.57. The lowest BCUT2D eigenvalue weighted by Crippen LogP contribution is -2.40. The fraction of sp³-hybridized carbons (Fsp3) is 0.233. The van der Waals surface area contributed by atoms with Crippen molar-refractivity contribution in [3.05, 3.63) is 112 Å².